The highest BCUT2D eigenvalue weighted by molar-refractivity contribution is 5.94. The predicted octanol–water partition coefficient (Wildman–Crippen LogP) is 2.15. The van der Waals surface area contributed by atoms with Crippen molar-refractivity contribution in [1.29, 1.82) is 0 Å². The number of carbonyl (C=O) groups excluding carboxylic acids is 2. The summed E-state index contributed by atoms with van der Waals surface area (Å²) in [5.74, 6) is 1.64. The second-order valence-corrected chi connectivity index (χ2v) is 8.17. The van der Waals surface area contributed by atoms with Gasteiger partial charge in [-0.25, -0.2) is 4.98 Å². The molecule has 7 heteroatoms. The zero-order valence-corrected chi connectivity index (χ0v) is 16.4. The van der Waals surface area contributed by atoms with Crippen LogP contribution in [-0.4, -0.2) is 72.0 Å². The first-order chi connectivity index (χ1) is 13.7. The van der Waals surface area contributed by atoms with Crippen LogP contribution >= 0.6 is 0 Å². The van der Waals surface area contributed by atoms with E-state index in [9.17, 15) is 9.59 Å². The molecule has 3 aliphatic heterocycles. The molecule has 1 aromatic rings. The number of pyridine rings is 1. The number of nitrogens with zero attached hydrogens (tertiary/aromatic N) is 3. The lowest BCUT2D eigenvalue weighted by Gasteiger charge is -2.34. The molecule has 4 heterocycles. The normalized spacial score (nSPS) is 23.9. The van der Waals surface area contributed by atoms with Crippen molar-refractivity contribution in [2.24, 2.45) is 5.92 Å². The van der Waals surface area contributed by atoms with Crippen LogP contribution in [0.5, 0.6) is 0 Å². The molecular weight excluding hydrogens is 356 g/mol. The van der Waals surface area contributed by atoms with Crippen LogP contribution in [0.15, 0.2) is 18.3 Å². The number of amides is 2. The van der Waals surface area contributed by atoms with Gasteiger partial charge in [0.2, 0.25) is 5.91 Å². The molecule has 3 saturated heterocycles. The van der Waals surface area contributed by atoms with E-state index in [2.05, 4.69) is 10.3 Å². The molecule has 0 unspecified atom stereocenters. The summed E-state index contributed by atoms with van der Waals surface area (Å²) in [6.45, 7) is 4.81. The fraction of sp³-hybridized carbons (Fsp3) is 0.667. The summed E-state index contributed by atoms with van der Waals surface area (Å²) < 4.78 is 5.48. The Balaban J connectivity index is 1.26. The highest BCUT2D eigenvalue weighted by atomic mass is 16.5. The topological polar surface area (TPSA) is 74.8 Å². The summed E-state index contributed by atoms with van der Waals surface area (Å²) in [6.07, 6.45) is 7.43. The maximum atomic E-state index is 12.8. The number of hydrogen-bond acceptors (Lipinski definition) is 5. The third-order valence-electron chi connectivity index (χ3n) is 6.07. The Kier molecular flexibility index (Phi) is 6.10. The highest BCUT2D eigenvalue weighted by Gasteiger charge is 2.28. The van der Waals surface area contributed by atoms with E-state index in [1.807, 2.05) is 21.9 Å². The molecule has 152 valence electrons. The Labute approximate surface area is 166 Å². The minimum Gasteiger partial charge on any atom is -0.379 e. The van der Waals surface area contributed by atoms with Gasteiger partial charge in [-0.15, -0.1) is 0 Å². The highest BCUT2D eigenvalue weighted by Crippen LogP contribution is 2.22. The molecule has 3 aliphatic rings. The van der Waals surface area contributed by atoms with Crippen LogP contribution in [0.3, 0.4) is 0 Å². The van der Waals surface area contributed by atoms with Crippen molar-refractivity contribution in [1.82, 2.24) is 14.8 Å². The Morgan fingerprint density at radius 3 is 2.68 bits per heavy atom. The number of aromatic nitrogens is 1. The maximum Gasteiger partial charge on any atom is 0.255 e. The first-order valence-electron chi connectivity index (χ1n) is 10.6. The van der Waals surface area contributed by atoms with E-state index in [4.69, 9.17) is 4.74 Å². The lowest BCUT2D eigenvalue weighted by molar-refractivity contribution is -0.128. The third-order valence-corrected chi connectivity index (χ3v) is 6.07. The summed E-state index contributed by atoms with van der Waals surface area (Å²) in [7, 11) is 0. The van der Waals surface area contributed by atoms with Crippen molar-refractivity contribution in [3.63, 3.8) is 0 Å². The van der Waals surface area contributed by atoms with Gasteiger partial charge in [-0.1, -0.05) is 0 Å². The molecule has 0 aliphatic carbocycles. The minimum absolute atomic E-state index is 0.0516. The molecule has 1 atom stereocenters. The van der Waals surface area contributed by atoms with E-state index < -0.39 is 0 Å². The molecule has 2 amide bonds. The van der Waals surface area contributed by atoms with E-state index in [-0.39, 0.29) is 11.8 Å². The zero-order chi connectivity index (χ0) is 19.3. The van der Waals surface area contributed by atoms with Crippen LogP contribution in [0.4, 0.5) is 5.82 Å². The van der Waals surface area contributed by atoms with Crippen molar-refractivity contribution in [2.75, 3.05) is 44.7 Å². The summed E-state index contributed by atoms with van der Waals surface area (Å²) >= 11 is 0. The van der Waals surface area contributed by atoms with E-state index >= 15 is 0 Å². The lowest BCUT2D eigenvalue weighted by atomic mass is 9.96. The summed E-state index contributed by atoms with van der Waals surface area (Å²) in [6, 6.07) is 4.04. The molecule has 0 saturated carbocycles. The SMILES string of the molecule is O=C1CCCN1CC1CCN(C(=O)c2ccc(N[C@H]3CCCOC3)nc2)CC1. The molecule has 1 N–H and O–H groups in total. The average molecular weight is 386 g/mol. The predicted molar refractivity (Wildman–Crippen MR) is 106 cm³/mol. The summed E-state index contributed by atoms with van der Waals surface area (Å²) in [5, 5.41) is 3.38. The Bertz CT molecular complexity index is 679. The first-order valence-corrected chi connectivity index (χ1v) is 10.6. The van der Waals surface area contributed by atoms with Crippen LogP contribution in [0.1, 0.15) is 48.9 Å². The van der Waals surface area contributed by atoms with Crippen molar-refractivity contribution in [3.8, 4) is 0 Å². The van der Waals surface area contributed by atoms with Gasteiger partial charge in [0.1, 0.15) is 5.82 Å². The molecule has 7 nitrogen and oxygen atoms in total. The van der Waals surface area contributed by atoms with Gasteiger partial charge in [-0.3, -0.25) is 9.59 Å². The number of hydrogen-bond donors (Lipinski definition) is 1. The third kappa shape index (κ3) is 4.63. The van der Waals surface area contributed by atoms with Crippen LogP contribution in [0.2, 0.25) is 0 Å². The van der Waals surface area contributed by atoms with Gasteiger partial charge in [0.25, 0.3) is 5.91 Å². The molecule has 1 aromatic heterocycles. The molecule has 3 fully saturated rings. The molecular formula is C21H30N4O3. The smallest absolute Gasteiger partial charge is 0.255 e. The van der Waals surface area contributed by atoms with Crippen LogP contribution in [0.25, 0.3) is 0 Å². The molecule has 4 rings (SSSR count). The molecule has 0 bridgehead atoms. The van der Waals surface area contributed by atoms with E-state index in [1.165, 1.54) is 0 Å². The van der Waals surface area contributed by atoms with E-state index in [1.54, 1.807) is 6.20 Å². The molecule has 28 heavy (non-hydrogen) atoms. The van der Waals surface area contributed by atoms with Crippen molar-refractivity contribution < 1.29 is 14.3 Å². The Morgan fingerprint density at radius 1 is 1.18 bits per heavy atom. The largest absolute Gasteiger partial charge is 0.379 e. The number of piperidine rings is 1. The number of carbonyl (C=O) groups is 2. The van der Waals surface area contributed by atoms with Crippen LogP contribution in [-0.2, 0) is 9.53 Å². The van der Waals surface area contributed by atoms with E-state index in [0.717, 1.165) is 70.7 Å². The number of nitrogens with one attached hydrogen (secondary N) is 1. The number of ether oxygens (including phenoxy) is 1. The minimum atomic E-state index is 0.0516. The Morgan fingerprint density at radius 2 is 2.04 bits per heavy atom. The summed E-state index contributed by atoms with van der Waals surface area (Å²) in [5.41, 5.74) is 0.638. The average Bonchev–Trinajstić information content (AvgIpc) is 3.14. The van der Waals surface area contributed by atoms with E-state index in [0.29, 0.717) is 30.6 Å². The molecule has 0 spiro atoms. The van der Waals surface area contributed by atoms with Gasteiger partial charge in [0.05, 0.1) is 18.2 Å². The van der Waals surface area contributed by atoms with Crippen molar-refractivity contribution in [2.45, 2.75) is 44.6 Å². The monoisotopic (exact) mass is 386 g/mol. The zero-order valence-electron chi connectivity index (χ0n) is 16.4. The fourth-order valence-corrected chi connectivity index (χ4v) is 4.38. The van der Waals surface area contributed by atoms with Crippen LogP contribution < -0.4 is 5.32 Å². The Hall–Kier alpha value is -2.15. The second-order valence-electron chi connectivity index (χ2n) is 8.17. The summed E-state index contributed by atoms with van der Waals surface area (Å²) in [4.78, 5) is 32.9. The van der Waals surface area contributed by atoms with Gasteiger partial charge in [0, 0.05) is 45.4 Å². The second kappa shape index (κ2) is 8.90. The molecule has 0 aromatic carbocycles. The van der Waals surface area contributed by atoms with Gasteiger partial charge in [0.15, 0.2) is 0 Å². The van der Waals surface area contributed by atoms with Crippen molar-refractivity contribution >= 4 is 17.6 Å². The van der Waals surface area contributed by atoms with Gasteiger partial charge >= 0.3 is 0 Å². The van der Waals surface area contributed by atoms with Gasteiger partial charge < -0.3 is 19.9 Å². The standard InChI is InChI=1S/C21H30N4O3/c26-20-4-1-9-25(20)14-16-7-10-24(11-8-16)21(27)17-5-6-19(22-13-17)23-18-3-2-12-28-15-18/h5-6,13,16,18H,1-4,7-12,14-15H2,(H,22,23)/t18-/m0/s1. The first kappa shape index (κ1) is 19.2. The molecule has 0 radical (unpaired) electrons. The maximum absolute atomic E-state index is 12.8. The quantitative estimate of drug-likeness (QED) is 0.839. The fourth-order valence-electron chi connectivity index (χ4n) is 4.38. The number of rotatable bonds is 5. The van der Waals surface area contributed by atoms with Crippen LogP contribution in [0, 0.1) is 5.92 Å². The van der Waals surface area contributed by atoms with Gasteiger partial charge in [-0.2, -0.15) is 0 Å². The van der Waals surface area contributed by atoms with Crippen molar-refractivity contribution in [3.05, 3.63) is 23.9 Å². The number of anilines is 1. The lowest BCUT2D eigenvalue weighted by Crippen LogP contribution is -2.41. The number of likely N-dealkylation sites (tertiary alicyclic amines) is 2. The van der Waals surface area contributed by atoms with Gasteiger partial charge in [-0.05, 0) is 50.2 Å².